The first-order valence-corrected chi connectivity index (χ1v) is 5.33. The minimum atomic E-state index is 0.732. The molecule has 12 heavy (non-hydrogen) atoms. The van der Waals surface area contributed by atoms with Crippen molar-refractivity contribution < 1.29 is 0 Å². The molecule has 0 aromatic heterocycles. The molecule has 0 amide bonds. The molecule has 0 radical (unpaired) electrons. The van der Waals surface area contributed by atoms with Gasteiger partial charge in [0.1, 0.15) is 0 Å². The van der Waals surface area contributed by atoms with Gasteiger partial charge in [-0.3, -0.25) is 0 Å². The van der Waals surface area contributed by atoms with Crippen LogP contribution in [0.5, 0.6) is 0 Å². The molecule has 0 heteroatoms. The average Bonchev–Trinajstić information content (AvgIpc) is 2.27. The van der Waals surface area contributed by atoms with Gasteiger partial charge in [-0.15, -0.1) is 6.58 Å². The van der Waals surface area contributed by atoms with Gasteiger partial charge in [-0.1, -0.05) is 19.4 Å². The van der Waals surface area contributed by atoms with Crippen molar-refractivity contribution in [2.24, 2.45) is 10.8 Å². The van der Waals surface area contributed by atoms with E-state index < -0.39 is 0 Å². The molecule has 2 aliphatic rings. The summed E-state index contributed by atoms with van der Waals surface area (Å²) in [6.07, 6.45) is 12.2. The van der Waals surface area contributed by atoms with Crippen molar-refractivity contribution in [3.63, 3.8) is 0 Å². The number of hydrogen-bond acceptors (Lipinski definition) is 0. The second-order valence-corrected chi connectivity index (χ2v) is 5.02. The van der Waals surface area contributed by atoms with Crippen LogP contribution in [0.25, 0.3) is 0 Å². The maximum Gasteiger partial charge on any atom is -0.0240 e. The monoisotopic (exact) mass is 164 g/mol. The Hall–Kier alpha value is -0.260. The third kappa shape index (κ3) is 0.901. The van der Waals surface area contributed by atoms with Crippen LogP contribution in [0.15, 0.2) is 12.7 Å². The van der Waals surface area contributed by atoms with E-state index in [0.717, 1.165) is 10.8 Å². The molecule has 2 unspecified atom stereocenters. The summed E-state index contributed by atoms with van der Waals surface area (Å²) in [6, 6.07) is 0. The minimum Gasteiger partial charge on any atom is -0.103 e. The van der Waals surface area contributed by atoms with E-state index in [0.29, 0.717) is 0 Å². The van der Waals surface area contributed by atoms with E-state index in [9.17, 15) is 0 Å². The summed E-state index contributed by atoms with van der Waals surface area (Å²) >= 11 is 0. The molecular formula is C12H20. The summed E-state index contributed by atoms with van der Waals surface area (Å²) in [4.78, 5) is 0. The first-order valence-electron chi connectivity index (χ1n) is 5.33. The molecule has 0 bridgehead atoms. The zero-order valence-electron chi connectivity index (χ0n) is 8.23. The largest absolute Gasteiger partial charge is 0.103 e. The lowest BCUT2D eigenvalue weighted by atomic mass is 9.50. The summed E-state index contributed by atoms with van der Waals surface area (Å²) in [5, 5.41) is 0. The summed E-state index contributed by atoms with van der Waals surface area (Å²) in [7, 11) is 0. The maximum atomic E-state index is 3.82. The lowest BCUT2D eigenvalue weighted by Crippen LogP contribution is -2.44. The van der Waals surface area contributed by atoms with Gasteiger partial charge in [0.05, 0.1) is 0 Å². The fourth-order valence-corrected chi connectivity index (χ4v) is 3.47. The number of rotatable bonds is 3. The van der Waals surface area contributed by atoms with Gasteiger partial charge in [0.2, 0.25) is 0 Å². The van der Waals surface area contributed by atoms with Crippen molar-refractivity contribution in [1.29, 1.82) is 0 Å². The van der Waals surface area contributed by atoms with Crippen molar-refractivity contribution in [3.05, 3.63) is 12.7 Å². The van der Waals surface area contributed by atoms with Crippen molar-refractivity contribution in [1.82, 2.24) is 0 Å². The number of allylic oxidation sites excluding steroid dienone is 1. The van der Waals surface area contributed by atoms with Crippen LogP contribution in [0.1, 0.15) is 51.9 Å². The highest BCUT2D eigenvalue weighted by Crippen LogP contribution is 2.68. The normalized spacial score (nSPS) is 45.1. The van der Waals surface area contributed by atoms with Crippen molar-refractivity contribution in [2.45, 2.75) is 51.9 Å². The van der Waals surface area contributed by atoms with E-state index in [2.05, 4.69) is 19.6 Å². The molecule has 2 rings (SSSR count). The fraction of sp³-hybridized carbons (Fsp3) is 0.833. The summed E-state index contributed by atoms with van der Waals surface area (Å²) in [5.41, 5.74) is 1.48. The molecular weight excluding hydrogens is 144 g/mol. The summed E-state index contributed by atoms with van der Waals surface area (Å²) in [5.74, 6) is 0. The van der Waals surface area contributed by atoms with E-state index in [1.54, 1.807) is 0 Å². The molecule has 0 aliphatic heterocycles. The average molecular weight is 164 g/mol. The Balaban J connectivity index is 2.05. The molecule has 2 aliphatic carbocycles. The van der Waals surface area contributed by atoms with E-state index in [-0.39, 0.29) is 0 Å². The zero-order valence-corrected chi connectivity index (χ0v) is 8.23. The van der Waals surface area contributed by atoms with Crippen LogP contribution in [-0.2, 0) is 0 Å². The molecule has 2 fully saturated rings. The predicted octanol–water partition coefficient (Wildman–Crippen LogP) is 3.92. The smallest absolute Gasteiger partial charge is 0.0240 e. The quantitative estimate of drug-likeness (QED) is 0.554. The van der Waals surface area contributed by atoms with Gasteiger partial charge in [-0.05, 0) is 49.4 Å². The summed E-state index contributed by atoms with van der Waals surface area (Å²) in [6.45, 7) is 6.33. The predicted molar refractivity (Wildman–Crippen MR) is 53.1 cm³/mol. The molecule has 0 spiro atoms. The van der Waals surface area contributed by atoms with Crippen LogP contribution in [0, 0.1) is 10.8 Å². The Bertz CT molecular complexity index is 194. The van der Waals surface area contributed by atoms with Crippen molar-refractivity contribution in [2.75, 3.05) is 0 Å². The molecule has 0 nitrogen and oxygen atoms in total. The van der Waals surface area contributed by atoms with Crippen molar-refractivity contribution >= 4 is 0 Å². The van der Waals surface area contributed by atoms with Gasteiger partial charge in [0.15, 0.2) is 0 Å². The van der Waals surface area contributed by atoms with Crippen LogP contribution in [0.4, 0.5) is 0 Å². The molecule has 0 N–H and O–H groups in total. The first kappa shape index (κ1) is 8.34. The van der Waals surface area contributed by atoms with E-state index in [1.807, 2.05) is 0 Å². The molecule has 0 heterocycles. The third-order valence-corrected chi connectivity index (χ3v) is 4.65. The van der Waals surface area contributed by atoms with Crippen LogP contribution in [0.2, 0.25) is 0 Å². The topological polar surface area (TPSA) is 0 Å². The Morgan fingerprint density at radius 3 is 2.58 bits per heavy atom. The van der Waals surface area contributed by atoms with Crippen molar-refractivity contribution in [3.8, 4) is 0 Å². The lowest BCUT2D eigenvalue weighted by Gasteiger charge is -2.54. The van der Waals surface area contributed by atoms with Gasteiger partial charge in [0, 0.05) is 0 Å². The van der Waals surface area contributed by atoms with Gasteiger partial charge in [-0.2, -0.15) is 0 Å². The molecule has 2 atom stereocenters. The highest BCUT2D eigenvalue weighted by Gasteiger charge is 2.57. The lowest BCUT2D eigenvalue weighted by molar-refractivity contribution is -0.0407. The van der Waals surface area contributed by atoms with Gasteiger partial charge >= 0.3 is 0 Å². The Kier molecular flexibility index (Phi) is 1.82. The number of hydrogen-bond donors (Lipinski definition) is 0. The Labute approximate surface area is 76.1 Å². The first-order chi connectivity index (χ1) is 5.72. The Morgan fingerprint density at radius 1 is 1.25 bits per heavy atom. The standard InChI is InChI=1S/C12H20/c1-3-4-7-12-8-5-6-11(12,2)9-10-12/h3H,1,4-10H2,2H3. The van der Waals surface area contributed by atoms with Gasteiger partial charge in [0.25, 0.3) is 0 Å². The highest BCUT2D eigenvalue weighted by molar-refractivity contribution is 5.08. The van der Waals surface area contributed by atoms with Crippen LogP contribution in [0.3, 0.4) is 0 Å². The minimum absolute atomic E-state index is 0.732. The SMILES string of the molecule is C=CCCC12CCCC1(C)CC2. The fourth-order valence-electron chi connectivity index (χ4n) is 3.47. The van der Waals surface area contributed by atoms with Crippen LogP contribution < -0.4 is 0 Å². The molecule has 0 saturated heterocycles. The second kappa shape index (κ2) is 2.61. The highest BCUT2D eigenvalue weighted by atomic mass is 14.6. The third-order valence-electron chi connectivity index (χ3n) is 4.65. The Morgan fingerprint density at radius 2 is 2.08 bits per heavy atom. The van der Waals surface area contributed by atoms with E-state index >= 15 is 0 Å². The van der Waals surface area contributed by atoms with Crippen LogP contribution in [-0.4, -0.2) is 0 Å². The number of fused-ring (bicyclic) bond motifs is 1. The summed E-state index contributed by atoms with van der Waals surface area (Å²) < 4.78 is 0. The van der Waals surface area contributed by atoms with E-state index in [4.69, 9.17) is 0 Å². The second-order valence-electron chi connectivity index (χ2n) is 5.02. The zero-order chi connectivity index (χ0) is 8.66. The van der Waals surface area contributed by atoms with Gasteiger partial charge in [-0.25, -0.2) is 0 Å². The molecule has 2 saturated carbocycles. The van der Waals surface area contributed by atoms with Crippen LogP contribution >= 0.6 is 0 Å². The van der Waals surface area contributed by atoms with E-state index in [1.165, 1.54) is 44.9 Å². The molecule has 68 valence electrons. The van der Waals surface area contributed by atoms with Gasteiger partial charge < -0.3 is 0 Å². The molecule has 0 aromatic carbocycles. The maximum absolute atomic E-state index is 3.82. The molecule has 0 aromatic rings.